The van der Waals surface area contributed by atoms with Crippen molar-refractivity contribution in [2.45, 2.75) is 374 Å². The quantitative estimate of drug-likeness (QED) is 0.0261. The molecule has 0 N–H and O–H groups in total. The summed E-state index contributed by atoms with van der Waals surface area (Å²) in [7, 11) is 0. The maximum atomic E-state index is 12.9. The first kappa shape index (κ1) is 74.4. The highest BCUT2D eigenvalue weighted by atomic mass is 16.6. The van der Waals surface area contributed by atoms with Crippen LogP contribution in [0, 0.1) is 0 Å². The van der Waals surface area contributed by atoms with Gasteiger partial charge >= 0.3 is 17.9 Å². The third-order valence-electron chi connectivity index (χ3n) is 15.3. The van der Waals surface area contributed by atoms with E-state index in [-0.39, 0.29) is 31.1 Å². The molecule has 1 unspecified atom stereocenters. The molecule has 0 aromatic rings. The molecule has 1 atom stereocenters. The number of rotatable bonds is 63. The summed E-state index contributed by atoms with van der Waals surface area (Å²) in [4.78, 5) is 38.3. The summed E-state index contributed by atoms with van der Waals surface area (Å²) in [6, 6.07) is 0. The lowest BCUT2D eigenvalue weighted by Crippen LogP contribution is -2.30. The fourth-order valence-corrected chi connectivity index (χ4v) is 10.2. The molecule has 6 heteroatoms. The minimum Gasteiger partial charge on any atom is -0.462 e. The zero-order chi connectivity index (χ0) is 55.7. The third kappa shape index (κ3) is 64.1. The van der Waals surface area contributed by atoms with Gasteiger partial charge in [0.15, 0.2) is 6.10 Å². The highest BCUT2D eigenvalue weighted by Gasteiger charge is 2.19. The van der Waals surface area contributed by atoms with E-state index in [2.05, 4.69) is 69.4 Å². The Morgan fingerprint density at radius 1 is 0.273 bits per heavy atom. The number of carbonyl (C=O) groups is 3. The molecule has 0 bridgehead atoms. The first-order valence-corrected chi connectivity index (χ1v) is 34.1. The van der Waals surface area contributed by atoms with Gasteiger partial charge in [0.05, 0.1) is 0 Å². The largest absolute Gasteiger partial charge is 0.462 e. The first-order valence-electron chi connectivity index (χ1n) is 34.1. The second-order valence-electron chi connectivity index (χ2n) is 23.1. The Hall–Kier alpha value is -2.63. The summed E-state index contributed by atoms with van der Waals surface area (Å²) in [6.45, 7) is 6.57. The van der Waals surface area contributed by atoms with Gasteiger partial charge < -0.3 is 14.2 Å². The Bertz CT molecular complexity index is 1330. The lowest BCUT2D eigenvalue weighted by molar-refractivity contribution is -0.167. The number of unbranched alkanes of at least 4 members (excludes halogenated alkanes) is 44. The fraction of sp³-hybridized carbons (Fsp3) is 0.845. The molecule has 0 radical (unpaired) electrons. The third-order valence-corrected chi connectivity index (χ3v) is 15.3. The molecular formula is C71H130O6. The maximum Gasteiger partial charge on any atom is 0.306 e. The maximum absolute atomic E-state index is 12.9. The van der Waals surface area contributed by atoms with Crippen LogP contribution in [0.2, 0.25) is 0 Å². The van der Waals surface area contributed by atoms with Crippen molar-refractivity contribution >= 4 is 17.9 Å². The first-order chi connectivity index (χ1) is 38.0. The van der Waals surface area contributed by atoms with E-state index < -0.39 is 6.10 Å². The molecule has 0 aromatic heterocycles. The fourth-order valence-electron chi connectivity index (χ4n) is 10.2. The molecule has 0 aliphatic carbocycles. The Morgan fingerprint density at radius 2 is 0.506 bits per heavy atom. The molecule has 450 valence electrons. The van der Waals surface area contributed by atoms with Crippen LogP contribution in [0.5, 0.6) is 0 Å². The van der Waals surface area contributed by atoms with E-state index in [9.17, 15) is 14.4 Å². The molecule has 0 fully saturated rings. The van der Waals surface area contributed by atoms with Crippen LogP contribution in [0.25, 0.3) is 0 Å². The SMILES string of the molecule is CC/C=C\C/C=C\C/C=C\CCCCCCCC(=O)OCC(COC(=O)CCCCCCCCCCCCCCCCCCCCCCCCCCCCCC)OC(=O)CCCCCCC/C=C\CCCCCCCCC. The Labute approximate surface area is 479 Å². The van der Waals surface area contributed by atoms with Gasteiger partial charge in [0.25, 0.3) is 0 Å². The average molecular weight is 1080 g/mol. The second-order valence-corrected chi connectivity index (χ2v) is 23.1. The van der Waals surface area contributed by atoms with Crippen LogP contribution in [-0.4, -0.2) is 37.2 Å². The van der Waals surface area contributed by atoms with Crippen LogP contribution in [0.1, 0.15) is 367 Å². The van der Waals surface area contributed by atoms with E-state index in [1.165, 1.54) is 218 Å². The Kier molecular flexibility index (Phi) is 63.6. The molecule has 77 heavy (non-hydrogen) atoms. The van der Waals surface area contributed by atoms with E-state index >= 15 is 0 Å². The Morgan fingerprint density at radius 3 is 0.805 bits per heavy atom. The minimum atomic E-state index is -0.784. The number of ether oxygens (including phenoxy) is 3. The predicted molar refractivity (Wildman–Crippen MR) is 335 cm³/mol. The van der Waals surface area contributed by atoms with Gasteiger partial charge in [0, 0.05) is 19.3 Å². The zero-order valence-corrected chi connectivity index (χ0v) is 51.7. The number of hydrogen-bond acceptors (Lipinski definition) is 6. The average Bonchev–Trinajstić information content (AvgIpc) is 3.43. The highest BCUT2D eigenvalue weighted by Crippen LogP contribution is 2.18. The lowest BCUT2D eigenvalue weighted by Gasteiger charge is -2.18. The molecule has 0 amide bonds. The number of hydrogen-bond donors (Lipinski definition) is 0. The smallest absolute Gasteiger partial charge is 0.306 e. The van der Waals surface area contributed by atoms with E-state index in [0.29, 0.717) is 19.3 Å². The summed E-state index contributed by atoms with van der Waals surface area (Å²) >= 11 is 0. The van der Waals surface area contributed by atoms with Crippen molar-refractivity contribution in [2.75, 3.05) is 13.2 Å². The van der Waals surface area contributed by atoms with Gasteiger partial charge in [-0.15, -0.1) is 0 Å². The van der Waals surface area contributed by atoms with Gasteiger partial charge in [-0.1, -0.05) is 320 Å². The molecule has 0 spiro atoms. The molecule has 0 rings (SSSR count). The molecule has 0 saturated carbocycles. The Balaban J connectivity index is 4.21. The monoisotopic (exact) mass is 1080 g/mol. The lowest BCUT2D eigenvalue weighted by atomic mass is 10.0. The molecule has 0 saturated heterocycles. The molecule has 0 aromatic carbocycles. The molecule has 0 heterocycles. The van der Waals surface area contributed by atoms with Crippen LogP contribution >= 0.6 is 0 Å². The van der Waals surface area contributed by atoms with Crippen molar-refractivity contribution in [1.29, 1.82) is 0 Å². The van der Waals surface area contributed by atoms with Gasteiger partial charge in [0.1, 0.15) is 13.2 Å². The van der Waals surface area contributed by atoms with Crippen molar-refractivity contribution in [3.05, 3.63) is 48.6 Å². The number of allylic oxidation sites excluding steroid dienone is 8. The van der Waals surface area contributed by atoms with Crippen LogP contribution in [0.3, 0.4) is 0 Å². The standard InChI is InChI=1S/C71H130O6/c1-4-7-10-13-16-19-22-25-28-30-31-32-33-34-35-36-37-38-39-40-41-44-46-49-52-55-58-61-64-70(73)76-67-68(66-75-69(72)63-60-57-54-51-48-45-42-27-24-21-18-15-12-9-6-3)77-71(74)65-62-59-56-53-50-47-43-29-26-23-20-17-14-11-8-5-2/h9,12,18,21,27,29,42-43,68H,4-8,10-11,13-17,19-20,22-26,28,30-41,44-67H2,1-3H3/b12-9-,21-18-,42-27-,43-29-. The van der Waals surface area contributed by atoms with E-state index in [0.717, 1.165) is 109 Å². The van der Waals surface area contributed by atoms with Crippen molar-refractivity contribution < 1.29 is 28.6 Å². The highest BCUT2D eigenvalue weighted by molar-refractivity contribution is 5.71. The van der Waals surface area contributed by atoms with E-state index in [4.69, 9.17) is 14.2 Å². The normalized spacial score (nSPS) is 12.3. The van der Waals surface area contributed by atoms with Crippen molar-refractivity contribution in [3.8, 4) is 0 Å². The predicted octanol–water partition coefficient (Wildman–Crippen LogP) is 23.3. The summed E-state index contributed by atoms with van der Waals surface area (Å²) in [6.07, 6.45) is 82.9. The topological polar surface area (TPSA) is 78.9 Å². The van der Waals surface area contributed by atoms with Crippen molar-refractivity contribution in [1.82, 2.24) is 0 Å². The van der Waals surface area contributed by atoms with Gasteiger partial charge in [-0.25, -0.2) is 0 Å². The minimum absolute atomic E-state index is 0.0785. The van der Waals surface area contributed by atoms with Crippen LogP contribution in [0.4, 0.5) is 0 Å². The summed E-state index contributed by atoms with van der Waals surface area (Å²) < 4.78 is 16.9. The number of carbonyl (C=O) groups excluding carboxylic acids is 3. The zero-order valence-electron chi connectivity index (χ0n) is 51.7. The molecular weight excluding hydrogens is 949 g/mol. The van der Waals surface area contributed by atoms with Gasteiger partial charge in [-0.05, 0) is 77.0 Å². The van der Waals surface area contributed by atoms with Crippen LogP contribution in [0.15, 0.2) is 48.6 Å². The summed E-state index contributed by atoms with van der Waals surface area (Å²) in [5.41, 5.74) is 0. The summed E-state index contributed by atoms with van der Waals surface area (Å²) in [5.74, 6) is -0.882. The van der Waals surface area contributed by atoms with Crippen molar-refractivity contribution in [2.24, 2.45) is 0 Å². The van der Waals surface area contributed by atoms with Crippen LogP contribution in [-0.2, 0) is 28.6 Å². The van der Waals surface area contributed by atoms with E-state index in [1.807, 2.05) is 0 Å². The van der Waals surface area contributed by atoms with Crippen LogP contribution < -0.4 is 0 Å². The number of esters is 3. The van der Waals surface area contributed by atoms with Crippen molar-refractivity contribution in [3.63, 3.8) is 0 Å². The summed E-state index contributed by atoms with van der Waals surface area (Å²) in [5, 5.41) is 0. The molecule has 6 nitrogen and oxygen atoms in total. The molecule has 0 aliphatic rings. The van der Waals surface area contributed by atoms with Gasteiger partial charge in [0.2, 0.25) is 0 Å². The second kappa shape index (κ2) is 65.9. The van der Waals surface area contributed by atoms with Gasteiger partial charge in [-0.2, -0.15) is 0 Å². The molecule has 0 aliphatic heterocycles. The van der Waals surface area contributed by atoms with Gasteiger partial charge in [-0.3, -0.25) is 14.4 Å². The van der Waals surface area contributed by atoms with E-state index in [1.54, 1.807) is 0 Å².